The summed E-state index contributed by atoms with van der Waals surface area (Å²) in [6, 6.07) is 10.7. The van der Waals surface area contributed by atoms with E-state index in [0.717, 1.165) is 19.4 Å². The summed E-state index contributed by atoms with van der Waals surface area (Å²) in [5.41, 5.74) is 0.405. The summed E-state index contributed by atoms with van der Waals surface area (Å²) in [5.74, 6) is 0.534. The molecular weight excluding hydrogens is 346 g/mol. The molecule has 1 aromatic carbocycles. The van der Waals surface area contributed by atoms with E-state index in [4.69, 9.17) is 9.15 Å². The molecule has 2 aromatic heterocycles. The lowest BCUT2D eigenvalue weighted by Crippen LogP contribution is -2.40. The average Bonchev–Trinajstić information content (AvgIpc) is 3.38. The number of hydrogen-bond donors (Lipinski definition) is 0. The first kappa shape index (κ1) is 17.5. The number of nitrogens with zero attached hydrogens (tertiary/aromatic N) is 3. The van der Waals surface area contributed by atoms with Crippen LogP contribution in [0.4, 0.5) is 0 Å². The first-order chi connectivity index (χ1) is 13.2. The lowest BCUT2D eigenvalue weighted by atomic mass is 10.2. The van der Waals surface area contributed by atoms with Gasteiger partial charge in [0, 0.05) is 13.2 Å². The topological polar surface area (TPSA) is 77.6 Å². The van der Waals surface area contributed by atoms with E-state index in [9.17, 15) is 9.59 Å². The van der Waals surface area contributed by atoms with Gasteiger partial charge in [-0.05, 0) is 37.1 Å². The van der Waals surface area contributed by atoms with E-state index in [0.29, 0.717) is 29.8 Å². The van der Waals surface area contributed by atoms with Gasteiger partial charge in [-0.3, -0.25) is 14.2 Å². The standard InChI is InChI=1S/C20H21N3O4/c24-19(13-23-14-21-18-8-2-1-7-17(18)20(23)25)22(11-15-5-3-9-26-15)12-16-6-4-10-27-16/h1-3,5,7-9,14,16H,4,6,10-13H2. The van der Waals surface area contributed by atoms with Crippen LogP contribution in [0.25, 0.3) is 10.9 Å². The van der Waals surface area contributed by atoms with Gasteiger partial charge in [-0.2, -0.15) is 0 Å². The maximum Gasteiger partial charge on any atom is 0.261 e. The first-order valence-corrected chi connectivity index (χ1v) is 9.06. The minimum atomic E-state index is -0.219. The van der Waals surface area contributed by atoms with Crippen molar-refractivity contribution in [2.45, 2.75) is 32.0 Å². The second-order valence-corrected chi connectivity index (χ2v) is 6.68. The molecule has 4 rings (SSSR count). The monoisotopic (exact) mass is 367 g/mol. The fraction of sp³-hybridized carbons (Fsp3) is 0.350. The van der Waals surface area contributed by atoms with Gasteiger partial charge < -0.3 is 14.1 Å². The van der Waals surface area contributed by atoms with Crippen molar-refractivity contribution in [1.29, 1.82) is 0 Å². The third-order valence-electron chi connectivity index (χ3n) is 4.76. The predicted molar refractivity (Wildman–Crippen MR) is 99.1 cm³/mol. The summed E-state index contributed by atoms with van der Waals surface area (Å²) < 4.78 is 12.4. The maximum absolute atomic E-state index is 13.0. The van der Waals surface area contributed by atoms with E-state index >= 15 is 0 Å². The number of para-hydroxylation sites is 1. The highest BCUT2D eigenvalue weighted by Gasteiger charge is 2.24. The number of aromatic nitrogens is 2. The van der Waals surface area contributed by atoms with Crippen molar-refractivity contribution in [3.05, 3.63) is 65.1 Å². The largest absolute Gasteiger partial charge is 0.467 e. The number of amides is 1. The number of carbonyl (C=O) groups excluding carboxylic acids is 1. The SMILES string of the molecule is O=C(Cn1cnc2ccccc2c1=O)N(Cc1ccco1)CC1CCCO1. The van der Waals surface area contributed by atoms with E-state index < -0.39 is 0 Å². The number of rotatable bonds is 6. The smallest absolute Gasteiger partial charge is 0.261 e. The number of hydrogen-bond acceptors (Lipinski definition) is 5. The van der Waals surface area contributed by atoms with Crippen molar-refractivity contribution in [2.24, 2.45) is 0 Å². The Labute approximate surface area is 156 Å². The van der Waals surface area contributed by atoms with E-state index in [1.807, 2.05) is 12.1 Å². The third kappa shape index (κ3) is 3.93. The molecule has 1 aliphatic heterocycles. The van der Waals surface area contributed by atoms with Gasteiger partial charge in [-0.15, -0.1) is 0 Å². The van der Waals surface area contributed by atoms with Crippen LogP contribution in [-0.2, 0) is 22.6 Å². The minimum absolute atomic E-state index is 0.0235. The number of furan rings is 1. The summed E-state index contributed by atoms with van der Waals surface area (Å²) >= 11 is 0. The van der Waals surface area contributed by atoms with Gasteiger partial charge >= 0.3 is 0 Å². The fourth-order valence-electron chi connectivity index (χ4n) is 3.34. The summed E-state index contributed by atoms with van der Waals surface area (Å²) in [6.45, 7) is 1.49. The Bertz CT molecular complexity index is 974. The fourth-order valence-corrected chi connectivity index (χ4v) is 3.34. The summed E-state index contributed by atoms with van der Waals surface area (Å²) in [5, 5.41) is 0.504. The Hall–Kier alpha value is -2.93. The van der Waals surface area contributed by atoms with Gasteiger partial charge in [0.2, 0.25) is 5.91 Å². The molecule has 1 atom stereocenters. The molecule has 0 spiro atoms. The van der Waals surface area contributed by atoms with Crippen molar-refractivity contribution in [3.63, 3.8) is 0 Å². The molecule has 1 unspecified atom stereocenters. The Balaban J connectivity index is 1.55. The van der Waals surface area contributed by atoms with Gasteiger partial charge in [0.1, 0.15) is 12.3 Å². The molecule has 7 heteroatoms. The van der Waals surface area contributed by atoms with E-state index in [2.05, 4.69) is 4.98 Å². The summed E-state index contributed by atoms with van der Waals surface area (Å²) in [7, 11) is 0. The van der Waals surface area contributed by atoms with Gasteiger partial charge in [-0.1, -0.05) is 12.1 Å². The maximum atomic E-state index is 13.0. The average molecular weight is 367 g/mol. The zero-order chi connectivity index (χ0) is 18.6. The molecular formula is C20H21N3O4. The number of benzene rings is 1. The molecule has 7 nitrogen and oxygen atoms in total. The first-order valence-electron chi connectivity index (χ1n) is 9.06. The Morgan fingerprint density at radius 1 is 1.26 bits per heavy atom. The molecule has 27 heavy (non-hydrogen) atoms. The Morgan fingerprint density at radius 2 is 2.15 bits per heavy atom. The summed E-state index contributed by atoms with van der Waals surface area (Å²) in [6.07, 6.45) is 4.97. The van der Waals surface area contributed by atoms with Gasteiger partial charge in [0.05, 0.1) is 36.1 Å². The molecule has 3 aromatic rings. The van der Waals surface area contributed by atoms with Gasteiger partial charge in [0.25, 0.3) is 5.56 Å². The molecule has 0 N–H and O–H groups in total. The molecule has 1 fully saturated rings. The Kier molecular flexibility index (Phi) is 5.02. The highest BCUT2D eigenvalue weighted by molar-refractivity contribution is 5.79. The van der Waals surface area contributed by atoms with Crippen LogP contribution >= 0.6 is 0 Å². The van der Waals surface area contributed by atoms with E-state index in [1.54, 1.807) is 35.4 Å². The second kappa shape index (κ2) is 7.75. The van der Waals surface area contributed by atoms with Crippen LogP contribution in [0.15, 0.2) is 58.2 Å². The van der Waals surface area contributed by atoms with Crippen LogP contribution in [0.1, 0.15) is 18.6 Å². The van der Waals surface area contributed by atoms with E-state index in [1.165, 1.54) is 10.9 Å². The molecule has 1 saturated heterocycles. The number of ether oxygens (including phenoxy) is 1. The van der Waals surface area contributed by atoms with Crippen LogP contribution < -0.4 is 5.56 Å². The van der Waals surface area contributed by atoms with Crippen LogP contribution in [0.5, 0.6) is 0 Å². The predicted octanol–water partition coefficient (Wildman–Crippen LogP) is 2.20. The second-order valence-electron chi connectivity index (χ2n) is 6.68. The molecule has 3 heterocycles. The van der Waals surface area contributed by atoms with Crippen LogP contribution in [0.3, 0.4) is 0 Å². The molecule has 0 radical (unpaired) electrons. The van der Waals surface area contributed by atoms with Crippen molar-refractivity contribution >= 4 is 16.8 Å². The third-order valence-corrected chi connectivity index (χ3v) is 4.76. The van der Waals surface area contributed by atoms with Crippen molar-refractivity contribution < 1.29 is 13.9 Å². The van der Waals surface area contributed by atoms with Crippen LogP contribution in [0, 0.1) is 0 Å². The Morgan fingerprint density at radius 3 is 2.93 bits per heavy atom. The molecule has 0 saturated carbocycles. The molecule has 1 aliphatic rings. The molecule has 140 valence electrons. The van der Waals surface area contributed by atoms with Gasteiger partial charge in [-0.25, -0.2) is 4.98 Å². The van der Waals surface area contributed by atoms with Crippen molar-refractivity contribution in [1.82, 2.24) is 14.5 Å². The van der Waals surface area contributed by atoms with Crippen LogP contribution in [0.2, 0.25) is 0 Å². The lowest BCUT2D eigenvalue weighted by Gasteiger charge is -2.25. The highest BCUT2D eigenvalue weighted by Crippen LogP contribution is 2.16. The quantitative estimate of drug-likeness (QED) is 0.667. The van der Waals surface area contributed by atoms with Crippen molar-refractivity contribution in [2.75, 3.05) is 13.2 Å². The van der Waals surface area contributed by atoms with Crippen LogP contribution in [-0.4, -0.2) is 39.6 Å². The zero-order valence-electron chi connectivity index (χ0n) is 14.9. The highest BCUT2D eigenvalue weighted by atomic mass is 16.5. The summed E-state index contributed by atoms with van der Waals surface area (Å²) in [4.78, 5) is 31.6. The minimum Gasteiger partial charge on any atom is -0.467 e. The van der Waals surface area contributed by atoms with E-state index in [-0.39, 0.29) is 24.1 Å². The normalized spacial score (nSPS) is 16.7. The number of fused-ring (bicyclic) bond motifs is 1. The van der Waals surface area contributed by atoms with Gasteiger partial charge in [0.15, 0.2) is 0 Å². The molecule has 0 aliphatic carbocycles. The van der Waals surface area contributed by atoms with Crippen molar-refractivity contribution in [3.8, 4) is 0 Å². The molecule has 0 bridgehead atoms. The lowest BCUT2D eigenvalue weighted by molar-refractivity contribution is -0.134. The molecule has 1 amide bonds. The zero-order valence-corrected chi connectivity index (χ0v) is 14.9. The number of carbonyl (C=O) groups is 1.